The van der Waals surface area contributed by atoms with Gasteiger partial charge in [-0.15, -0.1) is 10.2 Å². The molecule has 1 aromatic heterocycles. The lowest BCUT2D eigenvalue weighted by molar-refractivity contribution is -0.116. The highest BCUT2D eigenvalue weighted by Crippen LogP contribution is 2.25. The number of methoxy groups -OCH3 is 1. The molecule has 32 heavy (non-hydrogen) atoms. The number of hydrogen-bond donors (Lipinski definition) is 2. The summed E-state index contributed by atoms with van der Waals surface area (Å²) in [5.41, 5.74) is 1.20. The van der Waals surface area contributed by atoms with E-state index in [1.54, 1.807) is 43.0 Å². The molecule has 3 aromatic rings. The summed E-state index contributed by atoms with van der Waals surface area (Å²) in [7, 11) is 3.30. The summed E-state index contributed by atoms with van der Waals surface area (Å²) >= 11 is 1.24. The second kappa shape index (κ2) is 11.2. The number of carbonyl (C=O) groups excluding carboxylic acids is 2. The van der Waals surface area contributed by atoms with Crippen molar-refractivity contribution in [2.45, 2.75) is 18.5 Å². The molecule has 2 amide bonds. The minimum atomic E-state index is -0.244. The van der Waals surface area contributed by atoms with Gasteiger partial charge in [-0.25, -0.2) is 0 Å². The number of nitrogens with zero attached hydrogens (tertiary/aromatic N) is 3. The van der Waals surface area contributed by atoms with E-state index in [0.29, 0.717) is 40.5 Å². The van der Waals surface area contributed by atoms with Gasteiger partial charge in [0.15, 0.2) is 5.16 Å². The molecule has 0 atom stereocenters. The molecule has 0 saturated heterocycles. The molecule has 0 unspecified atom stereocenters. The van der Waals surface area contributed by atoms with Gasteiger partial charge in [-0.3, -0.25) is 9.59 Å². The van der Waals surface area contributed by atoms with E-state index in [1.165, 1.54) is 11.8 Å². The third-order valence-corrected chi connectivity index (χ3v) is 5.44. The first-order valence-electron chi connectivity index (χ1n) is 9.97. The molecular weight excluding hydrogens is 430 g/mol. The summed E-state index contributed by atoms with van der Waals surface area (Å²) in [4.78, 5) is 24.8. The van der Waals surface area contributed by atoms with Gasteiger partial charge in [0, 0.05) is 7.05 Å². The zero-order chi connectivity index (χ0) is 22.9. The van der Waals surface area contributed by atoms with Gasteiger partial charge in [-0.1, -0.05) is 36.0 Å². The molecule has 0 fully saturated rings. The highest BCUT2D eigenvalue weighted by molar-refractivity contribution is 7.99. The van der Waals surface area contributed by atoms with Crippen molar-refractivity contribution >= 4 is 35.0 Å². The smallest absolute Gasteiger partial charge is 0.234 e. The average Bonchev–Trinajstić information content (AvgIpc) is 3.13. The molecule has 0 aliphatic heterocycles. The van der Waals surface area contributed by atoms with E-state index >= 15 is 0 Å². The minimum Gasteiger partial charge on any atom is -0.495 e. The molecule has 0 radical (unpaired) electrons. The third-order valence-electron chi connectivity index (χ3n) is 4.42. The van der Waals surface area contributed by atoms with Crippen molar-refractivity contribution in [3.05, 3.63) is 54.4 Å². The molecule has 1 heterocycles. The van der Waals surface area contributed by atoms with Crippen molar-refractivity contribution in [1.29, 1.82) is 0 Å². The zero-order valence-corrected chi connectivity index (χ0v) is 18.9. The van der Waals surface area contributed by atoms with Crippen molar-refractivity contribution in [2.24, 2.45) is 7.05 Å². The van der Waals surface area contributed by atoms with Gasteiger partial charge in [0.25, 0.3) is 0 Å². The predicted molar refractivity (Wildman–Crippen MR) is 123 cm³/mol. The summed E-state index contributed by atoms with van der Waals surface area (Å²) in [5.74, 6) is 1.39. The second-order valence-corrected chi connectivity index (χ2v) is 7.59. The van der Waals surface area contributed by atoms with E-state index < -0.39 is 0 Å². The maximum absolute atomic E-state index is 12.4. The van der Waals surface area contributed by atoms with Crippen LogP contribution in [0.3, 0.4) is 0 Å². The molecule has 0 aliphatic rings. The highest BCUT2D eigenvalue weighted by atomic mass is 32.2. The van der Waals surface area contributed by atoms with Gasteiger partial charge in [0.05, 0.1) is 37.3 Å². The standard InChI is InChI=1S/C22H25N5O4S/c1-4-31-18-12-8-6-10-16(18)24-21(29)14-32-22-26-25-19(27(22)2)13-20(28)23-15-9-5-7-11-17(15)30-3/h5-12H,4,13-14H2,1-3H3,(H,23,28)(H,24,29). The monoisotopic (exact) mass is 455 g/mol. The number of benzene rings is 2. The number of aromatic nitrogens is 3. The molecule has 168 valence electrons. The first-order valence-corrected chi connectivity index (χ1v) is 11.0. The Labute approximate surface area is 190 Å². The number of hydrogen-bond acceptors (Lipinski definition) is 7. The Morgan fingerprint density at radius 3 is 2.28 bits per heavy atom. The van der Waals surface area contributed by atoms with Crippen LogP contribution in [0.2, 0.25) is 0 Å². The summed E-state index contributed by atoms with van der Waals surface area (Å²) < 4.78 is 12.5. The fourth-order valence-corrected chi connectivity index (χ4v) is 3.61. The van der Waals surface area contributed by atoms with Crippen LogP contribution in [0, 0.1) is 0 Å². The Kier molecular flexibility index (Phi) is 8.09. The van der Waals surface area contributed by atoms with Crippen molar-refractivity contribution in [2.75, 3.05) is 30.1 Å². The van der Waals surface area contributed by atoms with E-state index in [2.05, 4.69) is 20.8 Å². The summed E-state index contributed by atoms with van der Waals surface area (Å²) in [6.45, 7) is 2.39. The molecule has 10 heteroatoms. The lowest BCUT2D eigenvalue weighted by atomic mass is 10.2. The van der Waals surface area contributed by atoms with Gasteiger partial charge in [-0.2, -0.15) is 0 Å². The van der Waals surface area contributed by atoms with Crippen LogP contribution < -0.4 is 20.1 Å². The van der Waals surface area contributed by atoms with E-state index in [0.717, 1.165) is 0 Å². The zero-order valence-electron chi connectivity index (χ0n) is 18.1. The fraction of sp³-hybridized carbons (Fsp3) is 0.273. The molecule has 2 aromatic carbocycles. The summed E-state index contributed by atoms with van der Waals surface area (Å²) in [6, 6.07) is 14.4. The SMILES string of the molecule is CCOc1ccccc1NC(=O)CSc1nnc(CC(=O)Nc2ccccc2OC)n1C. The lowest BCUT2D eigenvalue weighted by Crippen LogP contribution is -2.17. The maximum Gasteiger partial charge on any atom is 0.234 e. The average molecular weight is 456 g/mol. The summed E-state index contributed by atoms with van der Waals surface area (Å²) in [5, 5.41) is 14.4. The number of amides is 2. The largest absolute Gasteiger partial charge is 0.495 e. The fourth-order valence-electron chi connectivity index (χ4n) is 2.88. The molecular formula is C22H25N5O4S. The van der Waals surface area contributed by atoms with Crippen LogP contribution in [0.1, 0.15) is 12.7 Å². The molecule has 3 rings (SSSR count). The number of rotatable bonds is 10. The molecule has 2 N–H and O–H groups in total. The Bertz CT molecular complexity index is 1090. The molecule has 0 spiro atoms. The quantitative estimate of drug-likeness (QED) is 0.452. The number of carbonyl (C=O) groups is 2. The third kappa shape index (κ3) is 6.01. The molecule has 0 bridgehead atoms. The number of para-hydroxylation sites is 4. The van der Waals surface area contributed by atoms with Crippen LogP contribution in [-0.4, -0.2) is 46.0 Å². The van der Waals surface area contributed by atoms with E-state index in [9.17, 15) is 9.59 Å². The van der Waals surface area contributed by atoms with Gasteiger partial charge in [0.1, 0.15) is 17.3 Å². The Hall–Kier alpha value is -3.53. The lowest BCUT2D eigenvalue weighted by Gasteiger charge is -2.11. The number of thioether (sulfide) groups is 1. The summed E-state index contributed by atoms with van der Waals surface area (Å²) in [6.07, 6.45) is 0.0377. The maximum atomic E-state index is 12.4. The molecule has 9 nitrogen and oxygen atoms in total. The molecule has 0 aliphatic carbocycles. The predicted octanol–water partition coefficient (Wildman–Crippen LogP) is 3.13. The molecule has 0 saturated carbocycles. The normalized spacial score (nSPS) is 10.5. The van der Waals surface area contributed by atoms with Crippen LogP contribution in [0.5, 0.6) is 11.5 Å². The van der Waals surface area contributed by atoms with E-state index in [1.807, 2.05) is 31.2 Å². The van der Waals surface area contributed by atoms with Gasteiger partial charge >= 0.3 is 0 Å². The minimum absolute atomic E-state index is 0.0377. The Balaban J connectivity index is 1.55. The Morgan fingerprint density at radius 1 is 0.969 bits per heavy atom. The topological polar surface area (TPSA) is 107 Å². The van der Waals surface area contributed by atoms with E-state index in [-0.39, 0.29) is 24.0 Å². The van der Waals surface area contributed by atoms with Crippen molar-refractivity contribution < 1.29 is 19.1 Å². The van der Waals surface area contributed by atoms with Crippen molar-refractivity contribution in [3.63, 3.8) is 0 Å². The number of nitrogens with one attached hydrogen (secondary N) is 2. The van der Waals surface area contributed by atoms with Crippen molar-refractivity contribution in [1.82, 2.24) is 14.8 Å². The van der Waals surface area contributed by atoms with Crippen LogP contribution in [0.15, 0.2) is 53.7 Å². The van der Waals surface area contributed by atoms with Crippen LogP contribution in [0.25, 0.3) is 0 Å². The first-order chi connectivity index (χ1) is 15.5. The van der Waals surface area contributed by atoms with Gasteiger partial charge < -0.3 is 24.7 Å². The van der Waals surface area contributed by atoms with Crippen molar-refractivity contribution in [3.8, 4) is 11.5 Å². The number of ether oxygens (including phenoxy) is 2. The van der Waals surface area contributed by atoms with Gasteiger partial charge in [-0.05, 0) is 31.2 Å². The first kappa shape index (κ1) is 23.1. The number of anilines is 2. The van der Waals surface area contributed by atoms with E-state index in [4.69, 9.17) is 9.47 Å². The van der Waals surface area contributed by atoms with Crippen LogP contribution >= 0.6 is 11.8 Å². The second-order valence-electron chi connectivity index (χ2n) is 6.65. The highest BCUT2D eigenvalue weighted by Gasteiger charge is 2.16. The van der Waals surface area contributed by atoms with Crippen LogP contribution in [0.4, 0.5) is 11.4 Å². The van der Waals surface area contributed by atoms with Crippen LogP contribution in [-0.2, 0) is 23.1 Å². The van der Waals surface area contributed by atoms with Gasteiger partial charge in [0.2, 0.25) is 11.8 Å². The Morgan fingerprint density at radius 2 is 1.59 bits per heavy atom.